The van der Waals surface area contributed by atoms with Gasteiger partial charge in [0, 0.05) is 18.7 Å². The van der Waals surface area contributed by atoms with E-state index in [0.717, 1.165) is 11.3 Å². The Bertz CT molecular complexity index is 518. The first kappa shape index (κ1) is 13.7. The molecule has 1 aromatic heterocycles. The molecule has 0 aliphatic carbocycles. The van der Waals surface area contributed by atoms with E-state index in [4.69, 9.17) is 5.84 Å². The van der Waals surface area contributed by atoms with Crippen LogP contribution in [0.5, 0.6) is 0 Å². The quantitative estimate of drug-likeness (QED) is 0.642. The van der Waals surface area contributed by atoms with Crippen LogP contribution < -0.4 is 11.3 Å². The molecular formula is C14H19FN4. The lowest BCUT2D eigenvalue weighted by Gasteiger charge is -2.15. The number of hydrogen-bond acceptors (Lipinski definition) is 3. The van der Waals surface area contributed by atoms with Crippen molar-refractivity contribution < 1.29 is 4.39 Å². The van der Waals surface area contributed by atoms with Crippen molar-refractivity contribution in [2.75, 3.05) is 0 Å². The van der Waals surface area contributed by atoms with Crippen molar-refractivity contribution in [2.24, 2.45) is 5.84 Å². The zero-order chi connectivity index (χ0) is 13.8. The molecule has 0 aliphatic heterocycles. The van der Waals surface area contributed by atoms with Crippen molar-refractivity contribution in [2.45, 2.75) is 32.4 Å². The Morgan fingerprint density at radius 1 is 1.26 bits per heavy atom. The summed E-state index contributed by atoms with van der Waals surface area (Å²) in [5.41, 5.74) is 4.66. The van der Waals surface area contributed by atoms with Crippen LogP contribution in [0.4, 0.5) is 4.39 Å². The number of nitrogens with one attached hydrogen (secondary N) is 1. The van der Waals surface area contributed by atoms with Crippen LogP contribution in [-0.2, 0) is 6.42 Å². The largest absolute Gasteiger partial charge is 0.271 e. The smallest absolute Gasteiger partial charge is 0.123 e. The van der Waals surface area contributed by atoms with Gasteiger partial charge in [-0.25, -0.2) is 4.39 Å². The van der Waals surface area contributed by atoms with Gasteiger partial charge in [-0.15, -0.1) is 0 Å². The minimum absolute atomic E-state index is 0.0730. The van der Waals surface area contributed by atoms with E-state index < -0.39 is 0 Å². The van der Waals surface area contributed by atoms with Crippen LogP contribution in [0.3, 0.4) is 0 Å². The average molecular weight is 262 g/mol. The van der Waals surface area contributed by atoms with Gasteiger partial charge in [-0.2, -0.15) is 5.10 Å². The second kappa shape index (κ2) is 5.95. The van der Waals surface area contributed by atoms with Crippen LogP contribution in [0.2, 0.25) is 0 Å². The summed E-state index contributed by atoms with van der Waals surface area (Å²) in [5.74, 6) is 5.33. The molecule has 0 amide bonds. The number of halogens is 1. The molecule has 1 unspecified atom stereocenters. The molecule has 1 atom stereocenters. The van der Waals surface area contributed by atoms with Gasteiger partial charge in [-0.3, -0.25) is 16.0 Å². The van der Waals surface area contributed by atoms with E-state index in [1.54, 1.807) is 12.1 Å². The van der Waals surface area contributed by atoms with Crippen LogP contribution >= 0.6 is 0 Å². The highest BCUT2D eigenvalue weighted by molar-refractivity contribution is 5.21. The van der Waals surface area contributed by atoms with E-state index in [0.29, 0.717) is 12.5 Å². The molecule has 0 saturated heterocycles. The lowest BCUT2D eigenvalue weighted by Crippen LogP contribution is -2.29. The van der Waals surface area contributed by atoms with Crippen LogP contribution in [0.1, 0.15) is 37.2 Å². The Morgan fingerprint density at radius 3 is 2.47 bits per heavy atom. The van der Waals surface area contributed by atoms with Gasteiger partial charge < -0.3 is 0 Å². The third kappa shape index (κ3) is 3.39. The molecule has 0 bridgehead atoms. The lowest BCUT2D eigenvalue weighted by atomic mass is 10.0. The minimum Gasteiger partial charge on any atom is -0.271 e. The number of rotatable bonds is 5. The lowest BCUT2D eigenvalue weighted by molar-refractivity contribution is 0.506. The Hall–Kier alpha value is -1.72. The molecule has 0 saturated carbocycles. The third-order valence-corrected chi connectivity index (χ3v) is 3.08. The molecular weight excluding hydrogens is 243 g/mol. The van der Waals surface area contributed by atoms with Crippen molar-refractivity contribution in [3.8, 4) is 0 Å². The molecule has 4 nitrogen and oxygen atoms in total. The van der Waals surface area contributed by atoms with Crippen LogP contribution in [0, 0.1) is 5.82 Å². The second-order valence-corrected chi connectivity index (χ2v) is 4.86. The molecule has 2 aromatic rings. The fourth-order valence-corrected chi connectivity index (χ4v) is 1.95. The maximum absolute atomic E-state index is 12.9. The molecule has 3 N–H and O–H groups in total. The topological polar surface area (TPSA) is 55.9 Å². The molecule has 5 heteroatoms. The standard InChI is InChI=1S/C14H19FN4/c1-10(2)19-8-7-13(18-19)9-14(17-16)11-3-5-12(15)6-4-11/h3-8,10,14,17H,9,16H2,1-2H3. The first-order valence-corrected chi connectivity index (χ1v) is 6.35. The number of aromatic nitrogens is 2. The predicted molar refractivity (Wildman–Crippen MR) is 72.8 cm³/mol. The molecule has 0 spiro atoms. The summed E-state index contributed by atoms with van der Waals surface area (Å²) in [4.78, 5) is 0. The van der Waals surface area contributed by atoms with Gasteiger partial charge in [0.15, 0.2) is 0 Å². The Balaban J connectivity index is 2.12. The number of benzene rings is 1. The molecule has 0 fully saturated rings. The van der Waals surface area contributed by atoms with Crippen LogP contribution in [-0.4, -0.2) is 9.78 Å². The van der Waals surface area contributed by atoms with Crippen LogP contribution in [0.15, 0.2) is 36.5 Å². The van der Waals surface area contributed by atoms with Crippen molar-refractivity contribution >= 4 is 0 Å². The average Bonchev–Trinajstić information content (AvgIpc) is 2.86. The fraction of sp³-hybridized carbons (Fsp3) is 0.357. The normalized spacial score (nSPS) is 12.9. The van der Waals surface area contributed by atoms with E-state index in [1.165, 1.54) is 12.1 Å². The van der Waals surface area contributed by atoms with E-state index >= 15 is 0 Å². The highest BCUT2D eigenvalue weighted by Gasteiger charge is 2.13. The summed E-state index contributed by atoms with van der Waals surface area (Å²) in [7, 11) is 0. The Morgan fingerprint density at radius 2 is 1.95 bits per heavy atom. The Kier molecular flexibility index (Phi) is 4.29. The maximum atomic E-state index is 12.9. The van der Waals surface area contributed by atoms with E-state index in [9.17, 15) is 4.39 Å². The number of hydrazine groups is 1. The summed E-state index contributed by atoms with van der Waals surface area (Å²) >= 11 is 0. The monoisotopic (exact) mass is 262 g/mol. The SMILES string of the molecule is CC(C)n1ccc(CC(NN)c2ccc(F)cc2)n1. The maximum Gasteiger partial charge on any atom is 0.123 e. The van der Waals surface area contributed by atoms with Gasteiger partial charge >= 0.3 is 0 Å². The molecule has 1 heterocycles. The highest BCUT2D eigenvalue weighted by atomic mass is 19.1. The van der Waals surface area contributed by atoms with E-state index in [-0.39, 0.29) is 11.9 Å². The minimum atomic E-state index is -0.247. The zero-order valence-electron chi connectivity index (χ0n) is 11.2. The first-order chi connectivity index (χ1) is 9.10. The van der Waals surface area contributed by atoms with E-state index in [1.807, 2.05) is 16.9 Å². The van der Waals surface area contributed by atoms with Gasteiger partial charge in [-0.1, -0.05) is 12.1 Å². The number of hydrogen-bond donors (Lipinski definition) is 2. The van der Waals surface area contributed by atoms with Gasteiger partial charge in [0.25, 0.3) is 0 Å². The van der Waals surface area contributed by atoms with Crippen molar-refractivity contribution in [3.05, 3.63) is 53.6 Å². The number of nitrogens with two attached hydrogens (primary N) is 1. The van der Waals surface area contributed by atoms with Crippen molar-refractivity contribution in [3.63, 3.8) is 0 Å². The van der Waals surface area contributed by atoms with E-state index in [2.05, 4.69) is 24.4 Å². The summed E-state index contributed by atoms with van der Waals surface area (Å²) in [5, 5.41) is 4.49. The number of nitrogens with zero attached hydrogens (tertiary/aromatic N) is 2. The van der Waals surface area contributed by atoms with Gasteiger partial charge in [-0.05, 0) is 37.6 Å². The van der Waals surface area contributed by atoms with Gasteiger partial charge in [0.05, 0.1) is 11.7 Å². The molecule has 0 aliphatic rings. The van der Waals surface area contributed by atoms with Crippen LogP contribution in [0.25, 0.3) is 0 Å². The molecule has 0 radical (unpaired) electrons. The molecule has 19 heavy (non-hydrogen) atoms. The Labute approximate surface area is 112 Å². The second-order valence-electron chi connectivity index (χ2n) is 4.86. The molecule has 1 aromatic carbocycles. The predicted octanol–water partition coefficient (Wildman–Crippen LogP) is 2.35. The van der Waals surface area contributed by atoms with Gasteiger partial charge in [0.2, 0.25) is 0 Å². The summed E-state index contributed by atoms with van der Waals surface area (Å²) in [6.45, 7) is 4.16. The third-order valence-electron chi connectivity index (χ3n) is 3.08. The summed E-state index contributed by atoms with van der Waals surface area (Å²) in [6, 6.07) is 8.59. The van der Waals surface area contributed by atoms with Crippen molar-refractivity contribution in [1.82, 2.24) is 15.2 Å². The molecule has 2 rings (SSSR count). The zero-order valence-corrected chi connectivity index (χ0v) is 11.2. The first-order valence-electron chi connectivity index (χ1n) is 6.35. The summed E-state index contributed by atoms with van der Waals surface area (Å²) < 4.78 is 14.8. The highest BCUT2D eigenvalue weighted by Crippen LogP contribution is 2.18. The fourth-order valence-electron chi connectivity index (χ4n) is 1.95. The van der Waals surface area contributed by atoms with Gasteiger partial charge in [0.1, 0.15) is 5.82 Å². The summed E-state index contributed by atoms with van der Waals surface area (Å²) in [6.07, 6.45) is 2.63. The van der Waals surface area contributed by atoms with Crippen molar-refractivity contribution in [1.29, 1.82) is 0 Å². The molecule has 102 valence electrons.